The summed E-state index contributed by atoms with van der Waals surface area (Å²) in [6.45, 7) is 1.78. The first-order valence-corrected chi connectivity index (χ1v) is 7.17. The molecule has 2 aromatic carbocycles. The number of benzene rings is 2. The number of carbonyl (C=O) groups excluding carboxylic acids is 4. The zero-order valence-electron chi connectivity index (χ0n) is 13.0. The largest absolute Gasteiger partial charge is 0.392 e. The Balaban J connectivity index is 1.92. The third-order valence-electron chi connectivity index (χ3n) is 3.61. The van der Waals surface area contributed by atoms with Crippen LogP contribution in [-0.4, -0.2) is 24.4 Å². The van der Waals surface area contributed by atoms with Crippen LogP contribution in [0.15, 0.2) is 36.4 Å². The molecule has 0 bridgehead atoms. The van der Waals surface area contributed by atoms with Gasteiger partial charge in [0.05, 0.1) is 16.7 Å². The van der Waals surface area contributed by atoms with Crippen molar-refractivity contribution in [1.82, 2.24) is 0 Å². The first-order chi connectivity index (χ1) is 12.0. The van der Waals surface area contributed by atoms with Crippen molar-refractivity contribution >= 4 is 24.4 Å². The molecule has 25 heavy (non-hydrogen) atoms. The lowest BCUT2D eigenvalue weighted by molar-refractivity contribution is -0.123. The molecule has 0 saturated carbocycles. The van der Waals surface area contributed by atoms with Gasteiger partial charge in [-0.1, -0.05) is 17.9 Å². The standard InChI is InChI=1S/C19H10O6/c1-11-2-3-12(8-15(11)17(21)24-10-20)4-5-13-6-7-14-16(9-13)19(23)25-18(14)22/h2-3,6-10H,1H3. The molecule has 0 atom stereocenters. The molecular formula is C19H10O6. The van der Waals surface area contributed by atoms with Gasteiger partial charge in [-0.3, -0.25) is 4.79 Å². The maximum Gasteiger partial charge on any atom is 0.346 e. The van der Waals surface area contributed by atoms with Crippen LogP contribution in [-0.2, 0) is 14.3 Å². The van der Waals surface area contributed by atoms with Gasteiger partial charge in [0.15, 0.2) is 0 Å². The molecule has 1 aliphatic rings. The number of rotatable bonds is 2. The molecule has 0 amide bonds. The highest BCUT2D eigenvalue weighted by Gasteiger charge is 2.29. The minimum Gasteiger partial charge on any atom is -0.392 e. The molecule has 2 aromatic rings. The van der Waals surface area contributed by atoms with Crippen LogP contribution < -0.4 is 0 Å². The molecule has 1 aliphatic heterocycles. The van der Waals surface area contributed by atoms with Crippen LogP contribution in [0.5, 0.6) is 0 Å². The van der Waals surface area contributed by atoms with Crippen molar-refractivity contribution in [3.63, 3.8) is 0 Å². The molecule has 6 heteroatoms. The summed E-state index contributed by atoms with van der Waals surface area (Å²) in [5, 5.41) is 0. The third kappa shape index (κ3) is 3.16. The topological polar surface area (TPSA) is 86.7 Å². The van der Waals surface area contributed by atoms with E-state index in [9.17, 15) is 19.2 Å². The number of hydrogen-bond donors (Lipinski definition) is 0. The Hall–Kier alpha value is -3.72. The highest BCUT2D eigenvalue weighted by atomic mass is 16.6. The zero-order chi connectivity index (χ0) is 18.0. The van der Waals surface area contributed by atoms with Gasteiger partial charge in [-0.15, -0.1) is 0 Å². The van der Waals surface area contributed by atoms with Gasteiger partial charge in [-0.2, -0.15) is 0 Å². The van der Waals surface area contributed by atoms with Crippen LogP contribution in [0.25, 0.3) is 0 Å². The monoisotopic (exact) mass is 334 g/mol. The van der Waals surface area contributed by atoms with Gasteiger partial charge in [0.1, 0.15) is 0 Å². The van der Waals surface area contributed by atoms with Crippen LogP contribution in [0, 0.1) is 18.8 Å². The van der Waals surface area contributed by atoms with E-state index in [0.29, 0.717) is 16.7 Å². The molecule has 0 N–H and O–H groups in total. The molecule has 122 valence electrons. The molecule has 0 fully saturated rings. The Labute approximate surface area is 142 Å². The predicted octanol–water partition coefficient (Wildman–Crippen LogP) is 2.02. The molecular weight excluding hydrogens is 324 g/mol. The van der Waals surface area contributed by atoms with Crippen molar-refractivity contribution in [2.24, 2.45) is 0 Å². The number of esters is 3. The van der Waals surface area contributed by atoms with Crippen LogP contribution in [0.4, 0.5) is 0 Å². The average Bonchev–Trinajstić information content (AvgIpc) is 2.88. The van der Waals surface area contributed by atoms with Crippen LogP contribution in [0.3, 0.4) is 0 Å². The highest BCUT2D eigenvalue weighted by molar-refractivity contribution is 6.14. The summed E-state index contributed by atoms with van der Waals surface area (Å²) in [6.07, 6.45) is 0. The Morgan fingerprint density at radius 2 is 1.64 bits per heavy atom. The SMILES string of the molecule is Cc1ccc(C#Cc2ccc3c(c2)C(=O)OC3=O)cc1C(=O)OC=O. The second-order valence-electron chi connectivity index (χ2n) is 5.22. The Kier molecular flexibility index (Phi) is 4.14. The average molecular weight is 334 g/mol. The summed E-state index contributed by atoms with van der Waals surface area (Å²) in [5.41, 5.74) is 2.32. The number of ether oxygens (including phenoxy) is 2. The molecule has 0 unspecified atom stereocenters. The van der Waals surface area contributed by atoms with Crippen LogP contribution in [0.2, 0.25) is 0 Å². The van der Waals surface area contributed by atoms with Crippen molar-refractivity contribution in [3.05, 3.63) is 69.8 Å². The number of carbonyl (C=O) groups is 4. The summed E-state index contributed by atoms with van der Waals surface area (Å²) in [7, 11) is 0. The number of hydrogen-bond acceptors (Lipinski definition) is 6. The lowest BCUT2D eigenvalue weighted by Gasteiger charge is -2.03. The number of fused-ring (bicyclic) bond motifs is 1. The second-order valence-corrected chi connectivity index (χ2v) is 5.22. The Morgan fingerprint density at radius 1 is 1.00 bits per heavy atom. The molecule has 1 heterocycles. The van der Waals surface area contributed by atoms with Crippen LogP contribution >= 0.6 is 0 Å². The minimum absolute atomic E-state index is 0.0744. The van der Waals surface area contributed by atoms with Crippen molar-refractivity contribution in [2.75, 3.05) is 0 Å². The smallest absolute Gasteiger partial charge is 0.346 e. The van der Waals surface area contributed by atoms with E-state index in [2.05, 4.69) is 21.3 Å². The molecule has 6 nitrogen and oxygen atoms in total. The fourth-order valence-corrected chi connectivity index (χ4v) is 2.33. The quantitative estimate of drug-likeness (QED) is 0.361. The summed E-state index contributed by atoms with van der Waals surface area (Å²) in [6, 6.07) is 9.47. The van der Waals surface area contributed by atoms with E-state index < -0.39 is 17.9 Å². The maximum atomic E-state index is 11.7. The fraction of sp³-hybridized carbons (Fsp3) is 0.0526. The molecule has 0 saturated heterocycles. The fourth-order valence-electron chi connectivity index (χ4n) is 2.33. The van der Waals surface area contributed by atoms with E-state index >= 15 is 0 Å². The number of aryl methyl sites for hydroxylation is 1. The van der Waals surface area contributed by atoms with Crippen molar-refractivity contribution in [1.29, 1.82) is 0 Å². The van der Waals surface area contributed by atoms with E-state index in [-0.39, 0.29) is 23.2 Å². The van der Waals surface area contributed by atoms with Crippen molar-refractivity contribution in [2.45, 2.75) is 6.92 Å². The molecule has 3 rings (SSSR count). The van der Waals surface area contributed by atoms with E-state index in [4.69, 9.17) is 0 Å². The summed E-state index contributed by atoms with van der Waals surface area (Å²) in [5.74, 6) is 3.59. The Bertz CT molecular complexity index is 991. The normalized spacial score (nSPS) is 11.9. The van der Waals surface area contributed by atoms with Gasteiger partial charge in [0.2, 0.25) is 0 Å². The maximum absolute atomic E-state index is 11.7. The molecule has 0 radical (unpaired) electrons. The second kappa shape index (κ2) is 6.42. The lowest BCUT2D eigenvalue weighted by atomic mass is 10.0. The summed E-state index contributed by atoms with van der Waals surface area (Å²) in [4.78, 5) is 45.0. The van der Waals surface area contributed by atoms with E-state index in [0.717, 1.165) is 0 Å². The molecule has 0 aromatic heterocycles. The van der Waals surface area contributed by atoms with Gasteiger partial charge in [-0.25, -0.2) is 14.4 Å². The van der Waals surface area contributed by atoms with Crippen molar-refractivity contribution in [3.8, 4) is 11.8 Å². The van der Waals surface area contributed by atoms with Gasteiger partial charge < -0.3 is 9.47 Å². The van der Waals surface area contributed by atoms with Gasteiger partial charge in [0.25, 0.3) is 0 Å². The minimum atomic E-state index is -0.755. The van der Waals surface area contributed by atoms with Gasteiger partial charge >= 0.3 is 24.4 Å². The predicted molar refractivity (Wildman–Crippen MR) is 84.8 cm³/mol. The van der Waals surface area contributed by atoms with E-state index in [1.54, 1.807) is 25.1 Å². The highest BCUT2D eigenvalue weighted by Crippen LogP contribution is 2.21. The van der Waals surface area contributed by atoms with E-state index in [1.807, 2.05) is 0 Å². The number of cyclic esters (lactones) is 2. The lowest BCUT2D eigenvalue weighted by Crippen LogP contribution is -2.05. The molecule has 0 aliphatic carbocycles. The third-order valence-corrected chi connectivity index (χ3v) is 3.61. The summed E-state index contributed by atoms with van der Waals surface area (Å²) < 4.78 is 8.87. The molecule has 0 spiro atoms. The first kappa shape index (κ1) is 16.1. The zero-order valence-corrected chi connectivity index (χ0v) is 13.0. The summed E-state index contributed by atoms with van der Waals surface area (Å²) >= 11 is 0. The Morgan fingerprint density at radius 3 is 2.36 bits per heavy atom. The van der Waals surface area contributed by atoms with Gasteiger partial charge in [0, 0.05) is 11.1 Å². The van der Waals surface area contributed by atoms with E-state index in [1.165, 1.54) is 18.2 Å². The first-order valence-electron chi connectivity index (χ1n) is 7.17. The van der Waals surface area contributed by atoms with Crippen LogP contribution in [0.1, 0.15) is 47.8 Å². The van der Waals surface area contributed by atoms with Crippen molar-refractivity contribution < 1.29 is 28.7 Å². The van der Waals surface area contributed by atoms with Gasteiger partial charge in [-0.05, 0) is 42.8 Å².